The van der Waals surface area contributed by atoms with Crippen molar-refractivity contribution < 1.29 is 12.8 Å². The van der Waals surface area contributed by atoms with Crippen LogP contribution < -0.4 is 0 Å². The summed E-state index contributed by atoms with van der Waals surface area (Å²) in [5, 5.41) is 0. The van der Waals surface area contributed by atoms with Gasteiger partial charge in [-0.1, -0.05) is 26.0 Å². The van der Waals surface area contributed by atoms with E-state index in [1.165, 1.54) is 0 Å². The van der Waals surface area contributed by atoms with Gasteiger partial charge in [-0.15, -0.1) is 11.3 Å². The molecule has 1 heterocycles. The normalized spacial score (nSPS) is 14.2. The average molecular weight is 287 g/mol. The highest BCUT2D eigenvalue weighted by molar-refractivity contribution is 7.93. The number of alkyl halides is 1. The lowest BCUT2D eigenvalue weighted by molar-refractivity contribution is 0.360. The van der Waals surface area contributed by atoms with Crippen LogP contribution >= 0.6 is 11.3 Å². The van der Waals surface area contributed by atoms with Crippen LogP contribution in [0.5, 0.6) is 0 Å². The Balaban J connectivity index is 2.40. The van der Waals surface area contributed by atoms with Crippen molar-refractivity contribution in [1.82, 2.24) is 4.98 Å². The molecular weight excluding hydrogens is 273 g/mol. The zero-order valence-electron chi connectivity index (χ0n) is 10.1. The van der Waals surface area contributed by atoms with Crippen molar-refractivity contribution in [3.63, 3.8) is 0 Å². The SMILES string of the molecule is CC(C)CC(F)S(=O)(=O)c1nc2ccccc2s1. The van der Waals surface area contributed by atoms with Crippen LogP contribution in [0.15, 0.2) is 28.6 Å². The highest BCUT2D eigenvalue weighted by atomic mass is 32.2. The standard InChI is InChI=1S/C12H14FNO2S2/c1-8(2)7-11(13)18(15,16)12-14-9-5-3-4-6-10(9)17-12/h3-6,8,11H,7H2,1-2H3. The molecule has 0 fully saturated rings. The number of sulfone groups is 1. The second kappa shape index (κ2) is 4.93. The Morgan fingerprint density at radius 2 is 2.00 bits per heavy atom. The summed E-state index contributed by atoms with van der Waals surface area (Å²) in [6.07, 6.45) is -0.00173. The molecule has 0 aliphatic rings. The monoisotopic (exact) mass is 287 g/mol. The van der Waals surface area contributed by atoms with Gasteiger partial charge >= 0.3 is 0 Å². The van der Waals surface area contributed by atoms with E-state index >= 15 is 0 Å². The minimum atomic E-state index is -3.96. The summed E-state index contributed by atoms with van der Waals surface area (Å²) in [4.78, 5) is 4.00. The van der Waals surface area contributed by atoms with E-state index in [0.29, 0.717) is 5.52 Å². The first kappa shape index (κ1) is 13.4. The molecule has 0 aliphatic carbocycles. The van der Waals surface area contributed by atoms with E-state index < -0.39 is 15.3 Å². The van der Waals surface area contributed by atoms with Gasteiger partial charge in [-0.3, -0.25) is 0 Å². The first-order chi connectivity index (χ1) is 8.41. The minimum absolute atomic E-state index is 0.00173. The number of thiazole rings is 1. The van der Waals surface area contributed by atoms with Gasteiger partial charge in [0.2, 0.25) is 19.7 Å². The molecule has 0 amide bonds. The van der Waals surface area contributed by atoms with E-state index in [4.69, 9.17) is 0 Å². The number of fused-ring (bicyclic) bond motifs is 1. The minimum Gasteiger partial charge on any atom is -0.230 e. The van der Waals surface area contributed by atoms with E-state index in [-0.39, 0.29) is 16.7 Å². The summed E-state index contributed by atoms with van der Waals surface area (Å²) in [7, 11) is -3.96. The van der Waals surface area contributed by atoms with E-state index in [9.17, 15) is 12.8 Å². The molecule has 18 heavy (non-hydrogen) atoms. The van der Waals surface area contributed by atoms with Gasteiger partial charge in [-0.05, 0) is 24.5 Å². The molecule has 6 heteroatoms. The fourth-order valence-electron chi connectivity index (χ4n) is 1.58. The van der Waals surface area contributed by atoms with Crippen LogP contribution in [0.2, 0.25) is 0 Å². The zero-order valence-corrected chi connectivity index (χ0v) is 11.8. The van der Waals surface area contributed by atoms with Gasteiger partial charge in [0.25, 0.3) is 0 Å². The summed E-state index contributed by atoms with van der Waals surface area (Å²) < 4.78 is 38.5. The zero-order chi connectivity index (χ0) is 13.3. The van der Waals surface area contributed by atoms with E-state index in [2.05, 4.69) is 4.98 Å². The lowest BCUT2D eigenvalue weighted by Crippen LogP contribution is -2.18. The molecule has 1 aromatic heterocycles. The Morgan fingerprint density at radius 1 is 1.33 bits per heavy atom. The molecule has 1 atom stereocenters. The molecule has 0 saturated carbocycles. The van der Waals surface area contributed by atoms with E-state index in [1.54, 1.807) is 38.1 Å². The number of halogens is 1. The second-order valence-corrected chi connectivity index (χ2v) is 7.81. The summed E-state index contributed by atoms with van der Waals surface area (Å²) in [6, 6.07) is 7.08. The van der Waals surface area contributed by atoms with Gasteiger partial charge in [0.15, 0.2) is 0 Å². The number of benzene rings is 1. The maximum atomic E-state index is 13.8. The average Bonchev–Trinajstić information content (AvgIpc) is 2.72. The van der Waals surface area contributed by atoms with E-state index in [1.807, 2.05) is 0 Å². The number of hydrogen-bond donors (Lipinski definition) is 0. The van der Waals surface area contributed by atoms with Gasteiger partial charge in [0.1, 0.15) is 0 Å². The molecule has 1 aromatic carbocycles. The molecule has 0 N–H and O–H groups in total. The van der Waals surface area contributed by atoms with Crippen molar-refractivity contribution in [1.29, 1.82) is 0 Å². The van der Waals surface area contributed by atoms with Gasteiger partial charge in [-0.2, -0.15) is 0 Å². The largest absolute Gasteiger partial charge is 0.237 e. The molecule has 0 bridgehead atoms. The second-order valence-electron chi connectivity index (χ2n) is 4.53. The highest BCUT2D eigenvalue weighted by Gasteiger charge is 2.31. The van der Waals surface area contributed by atoms with Crippen LogP contribution in [0.4, 0.5) is 4.39 Å². The van der Waals surface area contributed by atoms with Crippen molar-refractivity contribution in [2.75, 3.05) is 0 Å². The van der Waals surface area contributed by atoms with Crippen LogP contribution in [0.1, 0.15) is 20.3 Å². The Hall–Kier alpha value is -1.01. The number of hydrogen-bond acceptors (Lipinski definition) is 4. The van der Waals surface area contributed by atoms with Crippen molar-refractivity contribution in [2.45, 2.75) is 30.1 Å². The first-order valence-electron chi connectivity index (χ1n) is 5.65. The summed E-state index contributed by atoms with van der Waals surface area (Å²) in [6.45, 7) is 3.58. The van der Waals surface area contributed by atoms with Crippen LogP contribution in [-0.2, 0) is 9.84 Å². The number of rotatable bonds is 4. The number of para-hydroxylation sites is 1. The Labute approximate surface area is 110 Å². The number of aromatic nitrogens is 1. The molecule has 2 aromatic rings. The lowest BCUT2D eigenvalue weighted by atomic mass is 10.2. The van der Waals surface area contributed by atoms with E-state index in [0.717, 1.165) is 16.0 Å². The molecule has 0 spiro atoms. The maximum Gasteiger partial charge on any atom is 0.237 e. The highest BCUT2D eigenvalue weighted by Crippen LogP contribution is 2.29. The lowest BCUT2D eigenvalue weighted by Gasteiger charge is -2.09. The smallest absolute Gasteiger partial charge is 0.230 e. The maximum absolute atomic E-state index is 13.8. The Morgan fingerprint density at radius 3 is 2.61 bits per heavy atom. The Bertz CT molecular complexity index is 616. The van der Waals surface area contributed by atoms with Crippen molar-refractivity contribution >= 4 is 31.4 Å². The van der Waals surface area contributed by atoms with Crippen molar-refractivity contribution in [3.8, 4) is 0 Å². The fourth-order valence-corrected chi connectivity index (χ4v) is 4.41. The molecule has 3 nitrogen and oxygen atoms in total. The molecule has 2 rings (SSSR count). The third kappa shape index (κ3) is 2.54. The van der Waals surface area contributed by atoms with Gasteiger partial charge in [-0.25, -0.2) is 17.8 Å². The predicted octanol–water partition coefficient (Wildman–Crippen LogP) is 3.41. The predicted molar refractivity (Wildman–Crippen MR) is 71.2 cm³/mol. The van der Waals surface area contributed by atoms with Crippen LogP contribution in [-0.4, -0.2) is 18.9 Å². The van der Waals surface area contributed by atoms with Gasteiger partial charge < -0.3 is 0 Å². The summed E-state index contributed by atoms with van der Waals surface area (Å²) in [5.41, 5.74) is -1.28. The molecule has 1 unspecified atom stereocenters. The molecule has 0 saturated heterocycles. The molecular formula is C12H14FNO2S2. The fraction of sp³-hybridized carbons (Fsp3) is 0.417. The van der Waals surface area contributed by atoms with Crippen LogP contribution in [0.25, 0.3) is 10.2 Å². The quantitative estimate of drug-likeness (QED) is 0.865. The molecule has 98 valence electrons. The van der Waals surface area contributed by atoms with Gasteiger partial charge in [0.05, 0.1) is 10.2 Å². The van der Waals surface area contributed by atoms with Crippen molar-refractivity contribution in [3.05, 3.63) is 24.3 Å². The topological polar surface area (TPSA) is 47.0 Å². The third-order valence-electron chi connectivity index (χ3n) is 2.51. The molecule has 0 aliphatic heterocycles. The third-order valence-corrected chi connectivity index (χ3v) is 5.73. The van der Waals surface area contributed by atoms with Crippen LogP contribution in [0.3, 0.4) is 0 Å². The number of nitrogens with zero attached hydrogens (tertiary/aromatic N) is 1. The Kier molecular flexibility index (Phi) is 3.68. The summed E-state index contributed by atoms with van der Waals surface area (Å²) in [5.74, 6) is -0.0100. The molecule has 0 radical (unpaired) electrons. The first-order valence-corrected chi connectivity index (χ1v) is 8.01. The summed E-state index contributed by atoms with van der Waals surface area (Å²) >= 11 is 1.02. The van der Waals surface area contributed by atoms with Crippen molar-refractivity contribution in [2.24, 2.45) is 5.92 Å². The van der Waals surface area contributed by atoms with Crippen LogP contribution in [0, 0.1) is 5.92 Å². The van der Waals surface area contributed by atoms with Gasteiger partial charge in [0, 0.05) is 0 Å².